The molecular weight excluding hydrogens is 183 g/mol. The predicted molar refractivity (Wildman–Crippen MR) is 56.4 cm³/mol. The average Bonchev–Trinajstić information content (AvgIpc) is 2.02. The fourth-order valence-electron chi connectivity index (χ4n) is 1.20. The minimum absolute atomic E-state index is 0.347. The van der Waals surface area contributed by atoms with Gasteiger partial charge in [-0.25, -0.2) is 4.79 Å². The summed E-state index contributed by atoms with van der Waals surface area (Å²) >= 11 is 0. The quantitative estimate of drug-likeness (QED) is 0.512. The summed E-state index contributed by atoms with van der Waals surface area (Å²) in [6, 6.07) is 6.91. The maximum atomic E-state index is 8.96. The van der Waals surface area contributed by atoms with Gasteiger partial charge in [-0.1, -0.05) is 39.5 Å². The average molecular weight is 197 g/mol. The van der Waals surface area contributed by atoms with Crippen molar-refractivity contribution in [3.05, 3.63) is 34.9 Å². The summed E-state index contributed by atoms with van der Waals surface area (Å²) in [5.74, 6) is 0. The van der Waals surface area contributed by atoms with Crippen molar-refractivity contribution in [3.63, 3.8) is 0 Å². The summed E-state index contributed by atoms with van der Waals surface area (Å²) in [5.41, 5.74) is 4.06. The molecule has 1 unspecified atom stereocenters. The Labute approximate surface area is 80.2 Å². The molecule has 70 valence electrons. The van der Waals surface area contributed by atoms with Gasteiger partial charge in [0.15, 0.2) is 0 Å². The Morgan fingerprint density at radius 3 is 1.38 bits per heavy atom. The minimum Gasteiger partial charge on any atom is -0.244 e. The molecule has 0 spiro atoms. The fourth-order valence-corrected chi connectivity index (χ4v) is 1.20. The van der Waals surface area contributed by atoms with Crippen LogP contribution in [0.4, 0.5) is 0 Å². The molecule has 0 aromatic heterocycles. The number of carbonyl (C=O) groups excluding carboxylic acids is 1. The van der Waals surface area contributed by atoms with Crippen molar-refractivity contribution in [1.29, 1.82) is 0 Å². The largest absolute Gasteiger partial charge is 0.397 e. The molecule has 0 fully saturated rings. The molecule has 0 aliphatic rings. The lowest BCUT2D eigenvalue weighted by molar-refractivity contribution is 0.562. The van der Waals surface area contributed by atoms with E-state index in [1.54, 1.807) is 0 Å². The molecule has 0 amide bonds. The highest BCUT2D eigenvalue weighted by molar-refractivity contribution is 7.42. The molecule has 0 radical (unpaired) electrons. The maximum Gasteiger partial charge on any atom is 0.397 e. The van der Waals surface area contributed by atoms with Crippen LogP contribution in [0.25, 0.3) is 0 Å². The zero-order chi connectivity index (χ0) is 10.3. The summed E-state index contributed by atoms with van der Waals surface area (Å²) in [7, 11) is -0.790. The van der Waals surface area contributed by atoms with Gasteiger partial charge in [-0.3, -0.25) is 0 Å². The van der Waals surface area contributed by atoms with Crippen LogP contribution in [0.2, 0.25) is 0 Å². The second kappa shape index (κ2) is 6.50. The molecule has 13 heavy (non-hydrogen) atoms. The molecule has 0 bridgehead atoms. The predicted octanol–water partition coefficient (Wildman–Crippen LogP) is 2.81. The van der Waals surface area contributed by atoms with Crippen molar-refractivity contribution in [2.75, 3.05) is 0 Å². The zero-order valence-corrected chi connectivity index (χ0v) is 9.13. The lowest BCUT2D eigenvalue weighted by Gasteiger charge is -1.96. The number of hydrogen-bond donors (Lipinski definition) is 0. The second-order valence-corrected chi connectivity index (χ2v) is 3.37. The molecule has 0 N–H and O–H groups in total. The Morgan fingerprint density at radius 1 is 1.00 bits per heavy atom. The van der Waals surface area contributed by atoms with Gasteiger partial charge < -0.3 is 0 Å². The molecule has 1 atom stereocenters. The number of aryl methyl sites for hydroxylation is 3. The van der Waals surface area contributed by atoms with Crippen LogP contribution in [0.5, 0.6) is 0 Å². The Hall–Kier alpha value is -1.01. The summed E-state index contributed by atoms with van der Waals surface area (Å²) < 4.78 is 8.96. The SMILES string of the molecule is Cc1cc(C)cc(C)c1.O=C[PH+]=O. The normalized spacial score (nSPS) is 8.85. The zero-order valence-electron chi connectivity index (χ0n) is 8.13. The van der Waals surface area contributed by atoms with Gasteiger partial charge in [0.25, 0.3) is 0 Å². The van der Waals surface area contributed by atoms with Crippen molar-refractivity contribution in [2.24, 2.45) is 0 Å². The summed E-state index contributed by atoms with van der Waals surface area (Å²) in [4.78, 5) is 8.87. The second-order valence-electron chi connectivity index (χ2n) is 2.90. The third kappa shape index (κ3) is 6.18. The minimum atomic E-state index is -0.790. The molecule has 3 heteroatoms. The van der Waals surface area contributed by atoms with E-state index in [0.29, 0.717) is 6.03 Å². The van der Waals surface area contributed by atoms with Crippen molar-refractivity contribution in [2.45, 2.75) is 20.8 Å². The first-order chi connectivity index (χ1) is 6.10. The van der Waals surface area contributed by atoms with Gasteiger partial charge in [0.1, 0.15) is 0 Å². The highest BCUT2D eigenvalue weighted by atomic mass is 31.1. The highest BCUT2D eigenvalue weighted by Crippen LogP contribution is 2.06. The van der Waals surface area contributed by atoms with Gasteiger partial charge in [-0.05, 0) is 20.8 Å². The highest BCUT2D eigenvalue weighted by Gasteiger charge is 1.87. The van der Waals surface area contributed by atoms with Gasteiger partial charge in [-0.15, -0.1) is 0 Å². The molecule has 0 saturated heterocycles. The van der Waals surface area contributed by atoms with E-state index in [9.17, 15) is 0 Å². The van der Waals surface area contributed by atoms with Gasteiger partial charge >= 0.3 is 14.5 Å². The third-order valence-electron chi connectivity index (χ3n) is 1.41. The Balaban J connectivity index is 0.000000310. The van der Waals surface area contributed by atoms with Crippen molar-refractivity contribution in [3.8, 4) is 0 Å². The number of benzene rings is 1. The molecule has 0 aliphatic carbocycles. The molecule has 1 rings (SSSR count). The molecule has 0 saturated carbocycles. The van der Waals surface area contributed by atoms with E-state index in [1.165, 1.54) is 16.7 Å². The Kier molecular flexibility index (Phi) is 5.99. The van der Waals surface area contributed by atoms with Crippen LogP contribution >= 0.6 is 8.46 Å². The van der Waals surface area contributed by atoms with Crippen molar-refractivity contribution < 1.29 is 9.36 Å². The standard InChI is InChI=1S/C9H12.CHO2P/c1-7-4-8(2)6-9(3)5-7;2-1-4-3/h4-6H,1-3H3;1H/p+1. The van der Waals surface area contributed by atoms with E-state index >= 15 is 0 Å². The maximum absolute atomic E-state index is 8.96. The first kappa shape index (κ1) is 12.0. The monoisotopic (exact) mass is 197 g/mol. The molecule has 0 aliphatic heterocycles. The van der Waals surface area contributed by atoms with Crippen LogP contribution in [-0.4, -0.2) is 6.03 Å². The van der Waals surface area contributed by atoms with Crippen LogP contribution in [0.3, 0.4) is 0 Å². The van der Waals surface area contributed by atoms with Crippen LogP contribution in [0, 0.1) is 20.8 Å². The first-order valence-corrected chi connectivity index (χ1v) is 4.95. The number of hydrogen-bond acceptors (Lipinski definition) is 2. The van der Waals surface area contributed by atoms with Crippen LogP contribution < -0.4 is 0 Å². The molecular formula is C10H14O2P+. The number of carbonyl (C=O) groups is 1. The van der Waals surface area contributed by atoms with E-state index < -0.39 is 8.46 Å². The van der Waals surface area contributed by atoms with Gasteiger partial charge in [0.2, 0.25) is 0 Å². The molecule has 1 aromatic rings. The lowest BCUT2D eigenvalue weighted by Crippen LogP contribution is -1.78. The number of rotatable bonds is 1. The van der Waals surface area contributed by atoms with Gasteiger partial charge in [0.05, 0.1) is 0 Å². The van der Waals surface area contributed by atoms with Crippen LogP contribution in [0.1, 0.15) is 16.7 Å². The fraction of sp³-hybridized carbons (Fsp3) is 0.300. The summed E-state index contributed by atoms with van der Waals surface area (Å²) in [5, 5.41) is 0. The van der Waals surface area contributed by atoms with E-state index in [-0.39, 0.29) is 0 Å². The third-order valence-corrected chi connectivity index (χ3v) is 1.51. The lowest BCUT2D eigenvalue weighted by atomic mass is 10.1. The van der Waals surface area contributed by atoms with E-state index in [0.717, 1.165) is 0 Å². The summed E-state index contributed by atoms with van der Waals surface area (Å²) in [6.45, 7) is 6.38. The molecule has 0 heterocycles. The first-order valence-electron chi connectivity index (χ1n) is 3.96. The topological polar surface area (TPSA) is 34.1 Å². The Bertz CT molecular complexity index is 238. The van der Waals surface area contributed by atoms with Crippen molar-refractivity contribution in [1.82, 2.24) is 0 Å². The Morgan fingerprint density at radius 2 is 1.23 bits per heavy atom. The van der Waals surface area contributed by atoms with Gasteiger partial charge in [0, 0.05) is 0 Å². The molecule has 2 nitrogen and oxygen atoms in total. The van der Waals surface area contributed by atoms with Crippen molar-refractivity contribution >= 4 is 14.5 Å². The molecule has 1 aromatic carbocycles. The smallest absolute Gasteiger partial charge is 0.244 e. The van der Waals surface area contributed by atoms with Gasteiger partial charge in [-0.2, -0.15) is 0 Å². The van der Waals surface area contributed by atoms with E-state index in [1.807, 2.05) is 0 Å². The summed E-state index contributed by atoms with van der Waals surface area (Å²) in [6.07, 6.45) is 0. The van der Waals surface area contributed by atoms with Crippen LogP contribution in [0.15, 0.2) is 18.2 Å². The van der Waals surface area contributed by atoms with E-state index in [2.05, 4.69) is 39.0 Å². The van der Waals surface area contributed by atoms with Crippen LogP contribution in [-0.2, 0) is 9.36 Å². The van der Waals surface area contributed by atoms with E-state index in [4.69, 9.17) is 9.36 Å².